The first-order valence-electron chi connectivity index (χ1n) is 11.0. The number of nitrogens with one attached hydrogen (secondary N) is 1. The van der Waals surface area contributed by atoms with E-state index in [9.17, 15) is 18.4 Å². The highest BCUT2D eigenvalue weighted by Crippen LogP contribution is 2.17. The number of amides is 2. The highest BCUT2D eigenvalue weighted by atomic mass is 19.1. The fourth-order valence-corrected chi connectivity index (χ4v) is 3.94. The topological polar surface area (TPSA) is 65.5 Å². The lowest BCUT2D eigenvalue weighted by atomic mass is 10.0. The molecule has 2 amide bonds. The molecular weight excluding hydrogens is 414 g/mol. The molecule has 0 radical (unpaired) electrons. The number of carbonyl (C=O) groups is 2. The van der Waals surface area contributed by atoms with E-state index in [4.69, 9.17) is 0 Å². The first kappa shape index (κ1) is 23.8. The second kappa shape index (κ2) is 11.7. The van der Waals surface area contributed by atoms with E-state index in [1.165, 1.54) is 0 Å². The molecule has 0 bridgehead atoms. The van der Waals surface area contributed by atoms with Crippen LogP contribution in [-0.4, -0.2) is 65.9 Å². The Morgan fingerprint density at radius 3 is 2.66 bits per heavy atom. The summed E-state index contributed by atoms with van der Waals surface area (Å²) in [4.78, 5) is 33.1. The van der Waals surface area contributed by atoms with Crippen LogP contribution in [0.2, 0.25) is 0 Å². The van der Waals surface area contributed by atoms with Crippen molar-refractivity contribution in [1.29, 1.82) is 0 Å². The summed E-state index contributed by atoms with van der Waals surface area (Å²) in [6.45, 7) is 3.12. The van der Waals surface area contributed by atoms with Crippen molar-refractivity contribution in [3.05, 3.63) is 65.5 Å². The zero-order chi connectivity index (χ0) is 22.9. The molecule has 0 unspecified atom stereocenters. The molecule has 0 aliphatic carbocycles. The van der Waals surface area contributed by atoms with E-state index in [2.05, 4.69) is 15.2 Å². The molecule has 0 atom stereocenters. The van der Waals surface area contributed by atoms with Gasteiger partial charge in [-0.3, -0.25) is 14.6 Å². The van der Waals surface area contributed by atoms with Gasteiger partial charge in [0.25, 0.3) is 5.91 Å². The third kappa shape index (κ3) is 6.82. The molecule has 2 aromatic rings. The molecule has 1 aliphatic heterocycles. The minimum Gasteiger partial charge on any atom is -0.352 e. The number of halogens is 2. The zero-order valence-corrected chi connectivity index (χ0v) is 18.4. The summed E-state index contributed by atoms with van der Waals surface area (Å²) in [6.07, 6.45) is 5.38. The Morgan fingerprint density at radius 1 is 1.19 bits per heavy atom. The maximum atomic E-state index is 13.6. The Labute approximate surface area is 187 Å². The Hall–Kier alpha value is -2.87. The minimum absolute atomic E-state index is 0.0409. The summed E-state index contributed by atoms with van der Waals surface area (Å²) in [5, 5.41) is 2.58. The van der Waals surface area contributed by atoms with Gasteiger partial charge in [0, 0.05) is 70.1 Å². The molecule has 172 valence electrons. The van der Waals surface area contributed by atoms with E-state index in [1.807, 2.05) is 36.3 Å². The number of hydrogen-bond acceptors (Lipinski definition) is 4. The Bertz CT molecular complexity index is 902. The zero-order valence-electron chi connectivity index (χ0n) is 18.4. The van der Waals surface area contributed by atoms with E-state index in [0.717, 1.165) is 56.7 Å². The lowest BCUT2D eigenvalue weighted by Gasteiger charge is -2.36. The van der Waals surface area contributed by atoms with Crippen molar-refractivity contribution in [2.45, 2.75) is 38.1 Å². The standard InChI is InChI=1S/C24H30F2N4O2/c1-29(20-10-15-30(16-11-20)14-9-19-5-2-3-12-27-19)23(31)6-4-13-28-24(32)21-8-7-18(25)17-22(21)26/h2-3,5,7-8,12,17,20H,4,6,9-11,13-16H2,1H3,(H,28,32). The van der Waals surface area contributed by atoms with Crippen molar-refractivity contribution in [1.82, 2.24) is 20.1 Å². The van der Waals surface area contributed by atoms with Crippen LogP contribution in [0.1, 0.15) is 41.7 Å². The molecule has 32 heavy (non-hydrogen) atoms. The van der Waals surface area contributed by atoms with Gasteiger partial charge < -0.3 is 15.1 Å². The predicted molar refractivity (Wildman–Crippen MR) is 118 cm³/mol. The first-order valence-corrected chi connectivity index (χ1v) is 11.0. The van der Waals surface area contributed by atoms with Crippen LogP contribution in [0.4, 0.5) is 8.78 Å². The second-order valence-electron chi connectivity index (χ2n) is 8.13. The van der Waals surface area contributed by atoms with Gasteiger partial charge in [-0.25, -0.2) is 8.78 Å². The summed E-state index contributed by atoms with van der Waals surface area (Å²) < 4.78 is 26.6. The lowest BCUT2D eigenvalue weighted by Crippen LogP contribution is -2.46. The quantitative estimate of drug-likeness (QED) is 0.604. The fourth-order valence-electron chi connectivity index (χ4n) is 3.94. The molecule has 1 N–H and O–H groups in total. The van der Waals surface area contributed by atoms with E-state index in [-0.39, 0.29) is 24.1 Å². The van der Waals surface area contributed by atoms with E-state index in [1.54, 1.807) is 0 Å². The summed E-state index contributed by atoms with van der Waals surface area (Å²) in [5.74, 6) is -2.20. The smallest absolute Gasteiger partial charge is 0.254 e. The molecule has 2 heterocycles. The summed E-state index contributed by atoms with van der Waals surface area (Å²) in [7, 11) is 1.84. The molecular formula is C24H30F2N4O2. The SMILES string of the molecule is CN(C(=O)CCCNC(=O)c1ccc(F)cc1F)C1CCN(CCc2ccccn2)CC1. The normalized spacial score (nSPS) is 14.8. The van der Waals surface area contributed by atoms with Gasteiger partial charge in [0.2, 0.25) is 5.91 Å². The number of likely N-dealkylation sites (tertiary alicyclic amines) is 1. The van der Waals surface area contributed by atoms with E-state index >= 15 is 0 Å². The number of rotatable bonds is 9. The first-order chi connectivity index (χ1) is 15.4. The highest BCUT2D eigenvalue weighted by molar-refractivity contribution is 5.94. The maximum absolute atomic E-state index is 13.6. The van der Waals surface area contributed by atoms with Crippen LogP contribution in [0, 0.1) is 11.6 Å². The Kier molecular flexibility index (Phi) is 8.67. The fraction of sp³-hybridized carbons (Fsp3) is 0.458. The molecule has 8 heteroatoms. The molecule has 0 saturated carbocycles. The summed E-state index contributed by atoms with van der Waals surface area (Å²) in [5.41, 5.74) is 0.890. The van der Waals surface area contributed by atoms with Crippen LogP contribution in [0.5, 0.6) is 0 Å². The molecule has 1 fully saturated rings. The second-order valence-corrected chi connectivity index (χ2v) is 8.13. The van der Waals surface area contributed by atoms with Gasteiger partial charge in [-0.1, -0.05) is 6.07 Å². The largest absolute Gasteiger partial charge is 0.352 e. The van der Waals surface area contributed by atoms with Crippen LogP contribution >= 0.6 is 0 Å². The molecule has 1 aromatic heterocycles. The number of piperidine rings is 1. The van der Waals surface area contributed by atoms with E-state index in [0.29, 0.717) is 18.9 Å². The Morgan fingerprint density at radius 2 is 1.97 bits per heavy atom. The van der Waals surface area contributed by atoms with Crippen LogP contribution < -0.4 is 5.32 Å². The van der Waals surface area contributed by atoms with Crippen molar-refractivity contribution in [2.75, 3.05) is 33.2 Å². The van der Waals surface area contributed by atoms with Crippen molar-refractivity contribution in [3.8, 4) is 0 Å². The Balaban J connectivity index is 1.33. The number of pyridine rings is 1. The minimum atomic E-state index is -0.898. The third-order valence-corrected chi connectivity index (χ3v) is 5.94. The predicted octanol–water partition coefficient (Wildman–Crippen LogP) is 3.04. The number of nitrogens with zero attached hydrogens (tertiary/aromatic N) is 3. The highest BCUT2D eigenvalue weighted by Gasteiger charge is 2.25. The maximum Gasteiger partial charge on any atom is 0.254 e. The molecule has 1 aliphatic rings. The number of carbonyl (C=O) groups excluding carboxylic acids is 2. The van der Waals surface area contributed by atoms with Gasteiger partial charge in [0.15, 0.2) is 0 Å². The number of aromatic nitrogens is 1. The van der Waals surface area contributed by atoms with E-state index < -0.39 is 17.5 Å². The van der Waals surface area contributed by atoms with Crippen molar-refractivity contribution < 1.29 is 18.4 Å². The van der Waals surface area contributed by atoms with Gasteiger partial charge in [0.1, 0.15) is 11.6 Å². The van der Waals surface area contributed by atoms with Gasteiger partial charge in [-0.2, -0.15) is 0 Å². The average Bonchev–Trinajstić information content (AvgIpc) is 2.80. The summed E-state index contributed by atoms with van der Waals surface area (Å²) >= 11 is 0. The van der Waals surface area contributed by atoms with Crippen molar-refractivity contribution >= 4 is 11.8 Å². The molecule has 3 rings (SSSR count). The van der Waals surface area contributed by atoms with Gasteiger partial charge >= 0.3 is 0 Å². The number of benzene rings is 1. The molecule has 1 aromatic carbocycles. The van der Waals surface area contributed by atoms with Gasteiger partial charge in [-0.15, -0.1) is 0 Å². The van der Waals surface area contributed by atoms with Gasteiger partial charge in [-0.05, 0) is 43.5 Å². The molecule has 1 saturated heterocycles. The van der Waals surface area contributed by atoms with Crippen LogP contribution in [0.3, 0.4) is 0 Å². The summed E-state index contributed by atoms with van der Waals surface area (Å²) in [6, 6.07) is 9.01. The molecule has 0 spiro atoms. The van der Waals surface area contributed by atoms with Crippen LogP contribution in [-0.2, 0) is 11.2 Å². The van der Waals surface area contributed by atoms with Crippen molar-refractivity contribution in [2.24, 2.45) is 0 Å². The average molecular weight is 445 g/mol. The van der Waals surface area contributed by atoms with Crippen LogP contribution in [0.25, 0.3) is 0 Å². The van der Waals surface area contributed by atoms with Crippen LogP contribution in [0.15, 0.2) is 42.6 Å². The lowest BCUT2D eigenvalue weighted by molar-refractivity contribution is -0.132. The third-order valence-electron chi connectivity index (χ3n) is 5.94. The van der Waals surface area contributed by atoms with Crippen molar-refractivity contribution in [3.63, 3.8) is 0 Å². The number of hydrogen-bond donors (Lipinski definition) is 1. The monoisotopic (exact) mass is 444 g/mol. The molecule has 6 nitrogen and oxygen atoms in total. The van der Waals surface area contributed by atoms with Gasteiger partial charge in [0.05, 0.1) is 5.56 Å².